The van der Waals surface area contributed by atoms with E-state index < -0.39 is 0 Å². The molecule has 0 fully saturated rings. The highest BCUT2D eigenvalue weighted by Gasteiger charge is 2.01. The lowest BCUT2D eigenvalue weighted by molar-refractivity contribution is 0.313. The van der Waals surface area contributed by atoms with Gasteiger partial charge in [0.05, 0.1) is 6.61 Å². The second-order valence-corrected chi connectivity index (χ2v) is 4.08. The minimum Gasteiger partial charge on any atom is -0.494 e. The van der Waals surface area contributed by atoms with Crippen LogP contribution in [0.2, 0.25) is 0 Å². The van der Waals surface area contributed by atoms with E-state index in [1.54, 1.807) is 0 Å². The van der Waals surface area contributed by atoms with Crippen LogP contribution in [0, 0.1) is 0 Å². The number of hydrogen-bond acceptors (Lipinski definition) is 5. The smallest absolute Gasteiger partial charge is 0.119 e. The summed E-state index contributed by atoms with van der Waals surface area (Å²) in [5, 5.41) is 9.33. The SMILES string of the molecule is [N-]=[N+]=NCCCOc1ccc(-c2csnn2)cc1. The molecule has 0 radical (unpaired) electrons. The van der Waals surface area contributed by atoms with Crippen molar-refractivity contribution in [2.45, 2.75) is 6.42 Å². The number of ether oxygens (including phenoxy) is 1. The molecule has 0 aliphatic heterocycles. The van der Waals surface area contributed by atoms with Gasteiger partial charge < -0.3 is 4.74 Å². The van der Waals surface area contributed by atoms with E-state index in [2.05, 4.69) is 19.6 Å². The molecule has 0 spiro atoms. The fourth-order valence-electron chi connectivity index (χ4n) is 1.38. The lowest BCUT2D eigenvalue weighted by Gasteiger charge is -2.05. The number of hydrogen-bond donors (Lipinski definition) is 0. The van der Waals surface area contributed by atoms with Gasteiger partial charge in [-0.25, -0.2) is 0 Å². The quantitative estimate of drug-likeness (QED) is 0.346. The summed E-state index contributed by atoms with van der Waals surface area (Å²) < 4.78 is 9.33. The molecule has 6 nitrogen and oxygen atoms in total. The third-order valence-corrected chi connectivity index (χ3v) is 2.75. The van der Waals surface area contributed by atoms with Crippen molar-refractivity contribution in [2.24, 2.45) is 5.11 Å². The van der Waals surface area contributed by atoms with Crippen LogP contribution in [0.5, 0.6) is 5.75 Å². The van der Waals surface area contributed by atoms with Crippen molar-refractivity contribution in [3.05, 3.63) is 40.1 Å². The summed E-state index contributed by atoms with van der Waals surface area (Å²) in [7, 11) is 0. The molecule has 0 saturated heterocycles. The Balaban J connectivity index is 1.86. The number of aromatic nitrogens is 2. The molecule has 0 bridgehead atoms. The van der Waals surface area contributed by atoms with Crippen molar-refractivity contribution in [2.75, 3.05) is 13.2 Å². The van der Waals surface area contributed by atoms with Gasteiger partial charge in [-0.2, -0.15) is 0 Å². The molecule has 1 aromatic carbocycles. The van der Waals surface area contributed by atoms with E-state index in [0.717, 1.165) is 17.0 Å². The summed E-state index contributed by atoms with van der Waals surface area (Å²) in [4.78, 5) is 2.68. The third-order valence-electron chi connectivity index (χ3n) is 2.24. The standard InChI is InChI=1S/C11H11N5OS/c12-15-13-6-1-7-17-10-4-2-9(3-5-10)11-8-18-16-14-11/h2-5,8H,1,6-7H2. The van der Waals surface area contributed by atoms with Crippen LogP contribution in [0.1, 0.15) is 6.42 Å². The summed E-state index contributed by atoms with van der Waals surface area (Å²) in [6.07, 6.45) is 0.710. The molecule has 2 aromatic rings. The number of nitrogens with zero attached hydrogens (tertiary/aromatic N) is 5. The maximum Gasteiger partial charge on any atom is 0.119 e. The van der Waals surface area contributed by atoms with Crippen molar-refractivity contribution in [3.63, 3.8) is 0 Å². The molecule has 1 aromatic heterocycles. The van der Waals surface area contributed by atoms with Crippen molar-refractivity contribution >= 4 is 11.5 Å². The highest BCUT2D eigenvalue weighted by Crippen LogP contribution is 2.21. The normalized spacial score (nSPS) is 9.78. The van der Waals surface area contributed by atoms with Crippen LogP contribution in [0.3, 0.4) is 0 Å². The molecule has 0 N–H and O–H groups in total. The molecule has 92 valence electrons. The van der Waals surface area contributed by atoms with E-state index in [1.807, 2.05) is 29.6 Å². The summed E-state index contributed by atoms with van der Waals surface area (Å²) in [5.41, 5.74) is 10.00. The van der Waals surface area contributed by atoms with E-state index in [0.29, 0.717) is 19.6 Å². The number of benzene rings is 1. The number of azide groups is 1. The molecule has 0 saturated carbocycles. The van der Waals surface area contributed by atoms with E-state index >= 15 is 0 Å². The second kappa shape index (κ2) is 6.58. The highest BCUT2D eigenvalue weighted by atomic mass is 32.1. The average Bonchev–Trinajstić information content (AvgIpc) is 2.93. The monoisotopic (exact) mass is 261 g/mol. The first-order valence-corrected chi connectivity index (χ1v) is 6.25. The zero-order valence-electron chi connectivity index (χ0n) is 9.56. The Morgan fingerprint density at radius 3 is 2.83 bits per heavy atom. The van der Waals surface area contributed by atoms with E-state index in [4.69, 9.17) is 10.3 Å². The topological polar surface area (TPSA) is 83.8 Å². The Hall–Kier alpha value is -2.11. The Labute approximate surface area is 108 Å². The lowest BCUT2D eigenvalue weighted by atomic mass is 10.2. The second-order valence-electron chi connectivity index (χ2n) is 3.47. The first-order valence-electron chi connectivity index (χ1n) is 5.41. The molecule has 0 amide bonds. The van der Waals surface area contributed by atoms with Gasteiger partial charge in [0.15, 0.2) is 0 Å². The van der Waals surface area contributed by atoms with E-state index in [9.17, 15) is 0 Å². The predicted molar refractivity (Wildman–Crippen MR) is 69.5 cm³/mol. The Morgan fingerprint density at radius 2 is 2.17 bits per heavy atom. The highest BCUT2D eigenvalue weighted by molar-refractivity contribution is 7.03. The van der Waals surface area contributed by atoms with E-state index in [-0.39, 0.29) is 0 Å². The summed E-state index contributed by atoms with van der Waals surface area (Å²) >= 11 is 1.33. The van der Waals surface area contributed by atoms with E-state index in [1.165, 1.54) is 11.5 Å². The summed E-state index contributed by atoms with van der Waals surface area (Å²) in [6, 6.07) is 7.67. The van der Waals surface area contributed by atoms with Gasteiger partial charge in [0.1, 0.15) is 11.4 Å². The van der Waals surface area contributed by atoms with Gasteiger partial charge in [0.2, 0.25) is 0 Å². The molecule has 7 heteroatoms. The molecule has 0 atom stereocenters. The van der Waals surface area contributed by atoms with Gasteiger partial charge in [0, 0.05) is 22.4 Å². The lowest BCUT2D eigenvalue weighted by Crippen LogP contribution is -1.98. The van der Waals surface area contributed by atoms with Gasteiger partial charge in [-0.1, -0.05) is 9.60 Å². The Kier molecular flexibility index (Phi) is 4.52. The molecule has 0 unspecified atom stereocenters. The molecular weight excluding hydrogens is 250 g/mol. The van der Waals surface area contributed by atoms with Gasteiger partial charge in [0.25, 0.3) is 0 Å². The van der Waals surface area contributed by atoms with Crippen molar-refractivity contribution < 1.29 is 4.74 Å². The minimum absolute atomic E-state index is 0.457. The van der Waals surface area contributed by atoms with Crippen LogP contribution in [0.4, 0.5) is 0 Å². The molecule has 1 heterocycles. The molecular formula is C11H11N5OS. The van der Waals surface area contributed by atoms with Crippen LogP contribution in [-0.2, 0) is 0 Å². The number of rotatable bonds is 6. The van der Waals surface area contributed by atoms with Crippen LogP contribution in [0.15, 0.2) is 34.8 Å². The van der Waals surface area contributed by atoms with Crippen LogP contribution in [-0.4, -0.2) is 22.7 Å². The Morgan fingerprint density at radius 1 is 1.33 bits per heavy atom. The third kappa shape index (κ3) is 3.44. The van der Waals surface area contributed by atoms with Gasteiger partial charge in [-0.15, -0.1) is 5.10 Å². The minimum atomic E-state index is 0.457. The van der Waals surface area contributed by atoms with Crippen LogP contribution < -0.4 is 4.74 Å². The maximum absolute atomic E-state index is 8.11. The van der Waals surface area contributed by atoms with Crippen molar-refractivity contribution in [1.82, 2.24) is 9.59 Å². The van der Waals surface area contributed by atoms with Crippen LogP contribution >= 0.6 is 11.5 Å². The first kappa shape index (κ1) is 12.3. The van der Waals surface area contributed by atoms with Gasteiger partial charge in [-0.05, 0) is 47.7 Å². The fourth-order valence-corrected chi connectivity index (χ4v) is 1.85. The van der Waals surface area contributed by atoms with Gasteiger partial charge in [-0.3, -0.25) is 0 Å². The molecule has 0 aliphatic rings. The van der Waals surface area contributed by atoms with Crippen molar-refractivity contribution in [3.8, 4) is 17.0 Å². The Bertz CT molecular complexity index is 519. The zero-order valence-corrected chi connectivity index (χ0v) is 10.4. The molecule has 0 aliphatic carbocycles. The fraction of sp³-hybridized carbons (Fsp3) is 0.273. The maximum atomic E-state index is 8.11. The molecule has 18 heavy (non-hydrogen) atoms. The average molecular weight is 261 g/mol. The summed E-state index contributed by atoms with van der Waals surface area (Å²) in [6.45, 7) is 0.996. The van der Waals surface area contributed by atoms with Crippen molar-refractivity contribution in [1.29, 1.82) is 0 Å². The first-order chi connectivity index (χ1) is 8.90. The van der Waals surface area contributed by atoms with Crippen LogP contribution in [0.25, 0.3) is 21.7 Å². The van der Waals surface area contributed by atoms with Gasteiger partial charge >= 0.3 is 0 Å². The summed E-state index contributed by atoms with van der Waals surface area (Å²) in [5.74, 6) is 0.794. The predicted octanol–water partition coefficient (Wildman–Crippen LogP) is 3.28. The molecule has 2 rings (SSSR count). The largest absolute Gasteiger partial charge is 0.494 e. The zero-order chi connectivity index (χ0) is 12.6.